The van der Waals surface area contributed by atoms with Gasteiger partial charge in [-0.1, -0.05) is 6.07 Å². The molecule has 0 spiro atoms. The number of fused-ring (bicyclic) bond motifs is 1. The Bertz CT molecular complexity index is 929. The molecule has 1 aliphatic rings. The number of aromatic nitrogens is 1. The third-order valence-corrected chi connectivity index (χ3v) is 5.07. The number of methoxy groups -OCH3 is 1. The smallest absolute Gasteiger partial charge is 0.310 e. The number of carbonyl (C=O) groups is 1. The first-order valence-electron chi connectivity index (χ1n) is 8.63. The van der Waals surface area contributed by atoms with Crippen LogP contribution in [0.2, 0.25) is 0 Å². The van der Waals surface area contributed by atoms with E-state index in [0.717, 1.165) is 29.7 Å². The number of benzene rings is 1. The number of carboxylic acid groups (broad SMARTS) is 1. The van der Waals surface area contributed by atoms with Crippen molar-refractivity contribution in [2.75, 3.05) is 13.7 Å². The van der Waals surface area contributed by atoms with Gasteiger partial charge < -0.3 is 19.1 Å². The molecule has 2 aromatic rings. The van der Waals surface area contributed by atoms with E-state index in [0.29, 0.717) is 29.2 Å². The summed E-state index contributed by atoms with van der Waals surface area (Å²) in [5, 5.41) is 9.40. The Morgan fingerprint density at radius 2 is 2.12 bits per heavy atom. The number of aliphatic carboxylic acids is 1. The van der Waals surface area contributed by atoms with Crippen LogP contribution >= 0.6 is 0 Å². The quantitative estimate of drug-likeness (QED) is 0.910. The number of ether oxygens (including phenoxy) is 2. The first kappa shape index (κ1) is 18.0. The molecule has 6 nitrogen and oxygen atoms in total. The standard InChI is InChI=1S/C20H23NO5/c1-11-10-16(25-4)17(19(22)21(11)3)15-8-7-13(12(2)20(23)24)14-6-5-9-26-18(14)15/h7-8,10,12H,5-6,9H2,1-4H3,(H,23,24). The van der Waals surface area contributed by atoms with E-state index in [1.165, 1.54) is 7.11 Å². The molecule has 1 aromatic heterocycles. The molecule has 138 valence electrons. The van der Waals surface area contributed by atoms with Crippen LogP contribution in [0.3, 0.4) is 0 Å². The zero-order valence-electron chi connectivity index (χ0n) is 15.5. The largest absolute Gasteiger partial charge is 0.496 e. The molecule has 1 aromatic carbocycles. The molecular weight excluding hydrogens is 334 g/mol. The topological polar surface area (TPSA) is 77.8 Å². The van der Waals surface area contributed by atoms with Gasteiger partial charge in [-0.3, -0.25) is 9.59 Å². The lowest BCUT2D eigenvalue weighted by Crippen LogP contribution is -2.23. The summed E-state index contributed by atoms with van der Waals surface area (Å²) in [6, 6.07) is 5.38. The van der Waals surface area contributed by atoms with Crippen LogP contribution in [0.1, 0.15) is 36.1 Å². The molecule has 6 heteroatoms. The predicted molar refractivity (Wildman–Crippen MR) is 98.3 cm³/mol. The van der Waals surface area contributed by atoms with Gasteiger partial charge in [-0.05, 0) is 43.9 Å². The molecule has 3 rings (SSSR count). The van der Waals surface area contributed by atoms with Gasteiger partial charge in [0.05, 0.1) is 25.2 Å². The fourth-order valence-electron chi connectivity index (χ4n) is 3.43. The number of hydrogen-bond acceptors (Lipinski definition) is 4. The lowest BCUT2D eigenvalue weighted by molar-refractivity contribution is -0.138. The van der Waals surface area contributed by atoms with Gasteiger partial charge in [0.15, 0.2) is 0 Å². The highest BCUT2D eigenvalue weighted by Crippen LogP contribution is 2.42. The van der Waals surface area contributed by atoms with Crippen molar-refractivity contribution in [3.63, 3.8) is 0 Å². The average Bonchev–Trinajstić information content (AvgIpc) is 2.64. The minimum Gasteiger partial charge on any atom is -0.496 e. The molecular formula is C20H23NO5. The van der Waals surface area contributed by atoms with E-state index in [1.807, 2.05) is 13.0 Å². The molecule has 0 amide bonds. The SMILES string of the molecule is COc1cc(C)n(C)c(=O)c1-c1ccc(C(C)C(=O)O)c2c1OCCC2. The molecule has 0 radical (unpaired) electrons. The van der Waals surface area contributed by atoms with Crippen molar-refractivity contribution >= 4 is 5.97 Å². The lowest BCUT2D eigenvalue weighted by atomic mass is 9.88. The Balaban J connectivity index is 2.30. The molecule has 0 fully saturated rings. The maximum Gasteiger partial charge on any atom is 0.310 e. The van der Waals surface area contributed by atoms with Gasteiger partial charge in [0.25, 0.3) is 5.56 Å². The Morgan fingerprint density at radius 3 is 2.77 bits per heavy atom. The maximum absolute atomic E-state index is 12.9. The monoisotopic (exact) mass is 357 g/mol. The van der Waals surface area contributed by atoms with Crippen LogP contribution in [0, 0.1) is 6.92 Å². The first-order chi connectivity index (χ1) is 12.4. The summed E-state index contributed by atoms with van der Waals surface area (Å²) in [6.45, 7) is 4.05. The highest BCUT2D eigenvalue weighted by Gasteiger charge is 2.27. The summed E-state index contributed by atoms with van der Waals surface area (Å²) in [7, 11) is 3.25. The third-order valence-electron chi connectivity index (χ3n) is 5.07. The van der Waals surface area contributed by atoms with Crippen LogP contribution in [-0.4, -0.2) is 29.4 Å². The van der Waals surface area contributed by atoms with E-state index >= 15 is 0 Å². The summed E-state index contributed by atoms with van der Waals surface area (Å²) in [6.07, 6.45) is 1.55. The van der Waals surface area contributed by atoms with Crippen molar-refractivity contribution in [2.24, 2.45) is 7.05 Å². The zero-order valence-corrected chi connectivity index (χ0v) is 15.5. The van der Waals surface area contributed by atoms with Gasteiger partial charge >= 0.3 is 5.97 Å². The van der Waals surface area contributed by atoms with Crippen molar-refractivity contribution < 1.29 is 19.4 Å². The molecule has 0 saturated heterocycles. The Hall–Kier alpha value is -2.76. The summed E-state index contributed by atoms with van der Waals surface area (Å²) in [5.41, 5.74) is 3.32. The zero-order chi connectivity index (χ0) is 19.0. The van der Waals surface area contributed by atoms with Crippen molar-refractivity contribution in [1.29, 1.82) is 0 Å². The van der Waals surface area contributed by atoms with E-state index in [4.69, 9.17) is 9.47 Å². The maximum atomic E-state index is 12.9. The molecule has 1 N–H and O–H groups in total. The van der Waals surface area contributed by atoms with Gasteiger partial charge in [-0.25, -0.2) is 0 Å². The van der Waals surface area contributed by atoms with E-state index in [9.17, 15) is 14.7 Å². The van der Waals surface area contributed by atoms with Crippen LogP contribution in [0.5, 0.6) is 11.5 Å². The van der Waals surface area contributed by atoms with Gasteiger partial charge in [0, 0.05) is 24.4 Å². The number of rotatable bonds is 4. The average molecular weight is 357 g/mol. The Labute approximate surface area is 152 Å². The number of aryl methyl sites for hydroxylation is 1. The number of nitrogens with zero attached hydrogens (tertiary/aromatic N) is 1. The third kappa shape index (κ3) is 2.85. The normalized spacial score (nSPS) is 14.3. The molecule has 26 heavy (non-hydrogen) atoms. The summed E-state index contributed by atoms with van der Waals surface area (Å²) in [4.78, 5) is 24.4. The van der Waals surface area contributed by atoms with Crippen LogP contribution < -0.4 is 15.0 Å². The van der Waals surface area contributed by atoms with Gasteiger partial charge in [-0.2, -0.15) is 0 Å². The molecule has 2 heterocycles. The first-order valence-corrected chi connectivity index (χ1v) is 8.63. The second-order valence-electron chi connectivity index (χ2n) is 6.62. The highest BCUT2D eigenvalue weighted by atomic mass is 16.5. The van der Waals surface area contributed by atoms with Gasteiger partial charge in [0.2, 0.25) is 0 Å². The van der Waals surface area contributed by atoms with E-state index in [2.05, 4.69) is 0 Å². The predicted octanol–water partition coefficient (Wildman–Crippen LogP) is 2.88. The van der Waals surface area contributed by atoms with Crippen molar-refractivity contribution in [3.8, 4) is 22.6 Å². The number of pyridine rings is 1. The van der Waals surface area contributed by atoms with E-state index in [1.54, 1.807) is 30.7 Å². The molecule has 0 aliphatic carbocycles. The van der Waals surface area contributed by atoms with Crippen LogP contribution in [-0.2, 0) is 18.3 Å². The van der Waals surface area contributed by atoms with Crippen molar-refractivity contribution in [1.82, 2.24) is 4.57 Å². The summed E-state index contributed by atoms with van der Waals surface area (Å²) < 4.78 is 12.9. The Morgan fingerprint density at radius 1 is 1.38 bits per heavy atom. The van der Waals surface area contributed by atoms with Crippen LogP contribution in [0.4, 0.5) is 0 Å². The minimum atomic E-state index is -0.880. The fraction of sp³-hybridized carbons (Fsp3) is 0.400. The van der Waals surface area contributed by atoms with Crippen molar-refractivity contribution in [3.05, 3.63) is 45.4 Å². The van der Waals surface area contributed by atoms with Crippen molar-refractivity contribution in [2.45, 2.75) is 32.6 Å². The van der Waals surface area contributed by atoms with Crippen LogP contribution in [0.15, 0.2) is 23.0 Å². The minimum absolute atomic E-state index is 0.169. The number of hydrogen-bond donors (Lipinski definition) is 1. The van der Waals surface area contributed by atoms with Gasteiger partial charge in [-0.15, -0.1) is 0 Å². The molecule has 1 unspecified atom stereocenters. The summed E-state index contributed by atoms with van der Waals surface area (Å²) in [5.74, 6) is -0.432. The van der Waals surface area contributed by atoms with Crippen LogP contribution in [0.25, 0.3) is 11.1 Å². The lowest BCUT2D eigenvalue weighted by Gasteiger charge is -2.25. The second-order valence-corrected chi connectivity index (χ2v) is 6.62. The van der Waals surface area contributed by atoms with E-state index < -0.39 is 11.9 Å². The fourth-order valence-corrected chi connectivity index (χ4v) is 3.43. The summed E-state index contributed by atoms with van der Waals surface area (Å²) >= 11 is 0. The molecule has 0 bridgehead atoms. The molecule has 0 saturated carbocycles. The molecule has 1 atom stereocenters. The highest BCUT2D eigenvalue weighted by molar-refractivity contribution is 5.81. The van der Waals surface area contributed by atoms with Gasteiger partial charge in [0.1, 0.15) is 11.5 Å². The Kier molecular flexibility index (Phi) is 4.76. The number of carboxylic acids is 1. The van der Waals surface area contributed by atoms with E-state index in [-0.39, 0.29) is 5.56 Å². The second kappa shape index (κ2) is 6.86. The molecule has 1 aliphatic heterocycles.